The lowest BCUT2D eigenvalue weighted by Crippen LogP contribution is -2.47. The first-order valence-electron chi connectivity index (χ1n) is 7.81. The third-order valence-electron chi connectivity index (χ3n) is 4.26. The highest BCUT2D eigenvalue weighted by Gasteiger charge is 2.39. The minimum atomic E-state index is -0.488. The molecule has 0 radical (unpaired) electrons. The van der Waals surface area contributed by atoms with Crippen LogP contribution in [-0.2, 0) is 9.53 Å². The summed E-state index contributed by atoms with van der Waals surface area (Å²) in [4.78, 5) is 26.1. The minimum absolute atomic E-state index is 0.0208. The first-order chi connectivity index (χ1) is 11.0. The molecule has 0 aromatic heterocycles. The maximum atomic E-state index is 12.7. The summed E-state index contributed by atoms with van der Waals surface area (Å²) in [7, 11) is 5.05. The number of amides is 2. The van der Waals surface area contributed by atoms with Crippen molar-refractivity contribution in [2.45, 2.75) is 12.8 Å². The number of methoxy groups -OCH3 is 1. The predicted molar refractivity (Wildman–Crippen MR) is 89.5 cm³/mol. The molecule has 1 aromatic carbocycles. The fourth-order valence-corrected chi connectivity index (χ4v) is 2.84. The number of rotatable bonds is 5. The number of carbonyl (C=O) groups is 2. The first-order valence-corrected chi connectivity index (χ1v) is 7.81. The second-order valence-corrected chi connectivity index (χ2v) is 6.19. The summed E-state index contributed by atoms with van der Waals surface area (Å²) < 4.78 is 5.28. The topological polar surface area (TPSA) is 70.7 Å². The molecular formula is C17H25N3O3. The molecule has 1 aliphatic heterocycles. The van der Waals surface area contributed by atoms with E-state index in [1.54, 1.807) is 45.5 Å². The molecule has 0 unspecified atom stereocenters. The fourth-order valence-electron chi connectivity index (χ4n) is 2.84. The zero-order valence-electron chi connectivity index (χ0n) is 14.0. The van der Waals surface area contributed by atoms with Gasteiger partial charge in [0.15, 0.2) is 0 Å². The van der Waals surface area contributed by atoms with Crippen molar-refractivity contribution in [3.8, 4) is 0 Å². The Bertz CT molecular complexity index is 543. The van der Waals surface area contributed by atoms with Crippen LogP contribution in [0.5, 0.6) is 0 Å². The van der Waals surface area contributed by atoms with Gasteiger partial charge in [-0.3, -0.25) is 9.59 Å². The van der Waals surface area contributed by atoms with Gasteiger partial charge in [0.25, 0.3) is 5.91 Å². The molecule has 23 heavy (non-hydrogen) atoms. The number of ether oxygens (including phenoxy) is 1. The average Bonchev–Trinajstić information content (AvgIpc) is 2.56. The van der Waals surface area contributed by atoms with Crippen LogP contribution < -0.4 is 10.6 Å². The van der Waals surface area contributed by atoms with Crippen LogP contribution in [0.2, 0.25) is 0 Å². The van der Waals surface area contributed by atoms with Crippen molar-refractivity contribution in [2.75, 3.05) is 46.2 Å². The molecule has 0 spiro atoms. The second-order valence-electron chi connectivity index (χ2n) is 6.19. The molecule has 2 rings (SSSR count). The van der Waals surface area contributed by atoms with Crippen LogP contribution in [0.1, 0.15) is 23.2 Å². The normalized spacial score (nSPS) is 16.7. The summed E-state index contributed by atoms with van der Waals surface area (Å²) in [5.74, 6) is -0.0791. The zero-order chi connectivity index (χ0) is 16.9. The molecule has 0 aliphatic carbocycles. The van der Waals surface area contributed by atoms with Gasteiger partial charge in [0.05, 0.1) is 12.0 Å². The van der Waals surface area contributed by atoms with E-state index in [0.717, 1.165) is 25.9 Å². The Kier molecular flexibility index (Phi) is 5.74. The van der Waals surface area contributed by atoms with E-state index >= 15 is 0 Å². The highest BCUT2D eigenvalue weighted by Crippen LogP contribution is 2.31. The number of nitrogens with one attached hydrogen (secondary N) is 2. The van der Waals surface area contributed by atoms with E-state index in [4.69, 9.17) is 4.74 Å². The molecule has 0 atom stereocenters. The molecule has 0 saturated carbocycles. The molecular weight excluding hydrogens is 294 g/mol. The van der Waals surface area contributed by atoms with Gasteiger partial charge >= 0.3 is 0 Å². The summed E-state index contributed by atoms with van der Waals surface area (Å²) in [6, 6.07) is 6.97. The van der Waals surface area contributed by atoms with Gasteiger partial charge in [-0.1, -0.05) is 0 Å². The number of benzene rings is 1. The van der Waals surface area contributed by atoms with E-state index < -0.39 is 5.41 Å². The standard InChI is InChI=1S/C17H25N3O3/c1-20(2)15(21)13-4-6-14(7-5-13)19-16(22)17(12-23-3)8-10-18-11-9-17/h4-7,18H,8-12H2,1-3H3,(H,19,22). The van der Waals surface area contributed by atoms with Gasteiger partial charge in [-0.05, 0) is 50.2 Å². The third kappa shape index (κ3) is 4.09. The van der Waals surface area contributed by atoms with Crippen molar-refractivity contribution in [2.24, 2.45) is 5.41 Å². The number of nitrogens with zero attached hydrogens (tertiary/aromatic N) is 1. The van der Waals surface area contributed by atoms with Gasteiger partial charge in [0.1, 0.15) is 0 Å². The number of anilines is 1. The molecule has 1 fully saturated rings. The fraction of sp³-hybridized carbons (Fsp3) is 0.529. The summed E-state index contributed by atoms with van der Waals surface area (Å²) in [6.45, 7) is 2.04. The number of carbonyl (C=O) groups excluding carboxylic acids is 2. The van der Waals surface area contributed by atoms with Crippen LogP contribution in [0.15, 0.2) is 24.3 Å². The van der Waals surface area contributed by atoms with E-state index in [9.17, 15) is 9.59 Å². The van der Waals surface area contributed by atoms with E-state index in [-0.39, 0.29) is 11.8 Å². The monoisotopic (exact) mass is 319 g/mol. The van der Waals surface area contributed by atoms with Crippen molar-refractivity contribution >= 4 is 17.5 Å². The van der Waals surface area contributed by atoms with Crippen molar-refractivity contribution in [1.29, 1.82) is 0 Å². The Morgan fingerprint density at radius 2 is 1.83 bits per heavy atom. The minimum Gasteiger partial charge on any atom is -0.384 e. The third-order valence-corrected chi connectivity index (χ3v) is 4.26. The van der Waals surface area contributed by atoms with Crippen molar-refractivity contribution in [3.05, 3.63) is 29.8 Å². The molecule has 2 N–H and O–H groups in total. The van der Waals surface area contributed by atoms with Crippen LogP contribution in [0.25, 0.3) is 0 Å². The lowest BCUT2D eigenvalue weighted by Gasteiger charge is -2.35. The van der Waals surface area contributed by atoms with Crippen LogP contribution in [0.4, 0.5) is 5.69 Å². The van der Waals surface area contributed by atoms with E-state index in [0.29, 0.717) is 17.9 Å². The summed E-state index contributed by atoms with van der Waals surface area (Å²) in [6.07, 6.45) is 1.51. The lowest BCUT2D eigenvalue weighted by atomic mass is 9.78. The Labute approximate surface area is 137 Å². The summed E-state index contributed by atoms with van der Waals surface area (Å²) in [5.41, 5.74) is 0.804. The second kappa shape index (κ2) is 7.57. The van der Waals surface area contributed by atoms with E-state index in [1.807, 2.05) is 0 Å². The van der Waals surface area contributed by atoms with Crippen molar-refractivity contribution in [1.82, 2.24) is 10.2 Å². The van der Waals surface area contributed by atoms with Crippen LogP contribution in [0.3, 0.4) is 0 Å². The van der Waals surface area contributed by atoms with E-state index in [2.05, 4.69) is 10.6 Å². The number of hydrogen-bond acceptors (Lipinski definition) is 4. The Morgan fingerprint density at radius 1 is 1.22 bits per heavy atom. The molecule has 6 nitrogen and oxygen atoms in total. The molecule has 1 aliphatic rings. The zero-order valence-corrected chi connectivity index (χ0v) is 14.0. The maximum Gasteiger partial charge on any atom is 0.253 e. The van der Waals surface area contributed by atoms with Gasteiger partial charge in [-0.25, -0.2) is 0 Å². The largest absolute Gasteiger partial charge is 0.384 e. The lowest BCUT2D eigenvalue weighted by molar-refractivity contribution is -0.130. The molecule has 0 bridgehead atoms. The predicted octanol–water partition coefficient (Wildman–Crippen LogP) is 1.34. The van der Waals surface area contributed by atoms with Gasteiger partial charge in [0.2, 0.25) is 5.91 Å². The Balaban J connectivity index is 2.08. The Hall–Kier alpha value is -1.92. The molecule has 1 heterocycles. The molecule has 1 saturated heterocycles. The average molecular weight is 319 g/mol. The summed E-state index contributed by atoms with van der Waals surface area (Å²) >= 11 is 0. The van der Waals surface area contributed by atoms with Gasteiger partial charge in [-0.2, -0.15) is 0 Å². The molecule has 1 aromatic rings. The number of piperidine rings is 1. The SMILES string of the molecule is COCC1(C(=O)Nc2ccc(C(=O)N(C)C)cc2)CCNCC1. The highest BCUT2D eigenvalue weighted by molar-refractivity contribution is 5.97. The first kappa shape index (κ1) is 17.4. The molecule has 126 valence electrons. The maximum absolute atomic E-state index is 12.7. The quantitative estimate of drug-likeness (QED) is 0.859. The highest BCUT2D eigenvalue weighted by atomic mass is 16.5. The smallest absolute Gasteiger partial charge is 0.253 e. The van der Waals surface area contributed by atoms with E-state index in [1.165, 1.54) is 4.90 Å². The van der Waals surface area contributed by atoms with Gasteiger partial charge < -0.3 is 20.3 Å². The Morgan fingerprint density at radius 3 is 2.35 bits per heavy atom. The van der Waals surface area contributed by atoms with Crippen molar-refractivity contribution < 1.29 is 14.3 Å². The van der Waals surface area contributed by atoms with Crippen LogP contribution >= 0.6 is 0 Å². The molecule has 2 amide bonds. The number of hydrogen-bond donors (Lipinski definition) is 2. The van der Waals surface area contributed by atoms with Crippen LogP contribution in [-0.4, -0.2) is 57.6 Å². The van der Waals surface area contributed by atoms with Crippen molar-refractivity contribution in [3.63, 3.8) is 0 Å². The molecule has 6 heteroatoms. The van der Waals surface area contributed by atoms with Gasteiger partial charge in [-0.15, -0.1) is 0 Å². The van der Waals surface area contributed by atoms with Gasteiger partial charge in [0, 0.05) is 32.5 Å². The summed E-state index contributed by atoms with van der Waals surface area (Å²) in [5, 5.41) is 6.23. The van der Waals surface area contributed by atoms with Crippen LogP contribution in [0, 0.1) is 5.41 Å².